The first-order valence-corrected chi connectivity index (χ1v) is 4.98. The molecule has 0 saturated heterocycles. The maximum atomic E-state index is 9.05. The van der Waals surface area contributed by atoms with Gasteiger partial charge in [-0.3, -0.25) is 0 Å². The number of rotatable bonds is 1. The monoisotopic (exact) mass is 171 g/mol. The zero-order chi connectivity index (χ0) is 10.1. The Morgan fingerprint density at radius 2 is 1.75 bits per heavy atom. The molecule has 0 radical (unpaired) electrons. The topological polar surface area (TPSA) is 20.2 Å². The summed E-state index contributed by atoms with van der Waals surface area (Å²) >= 11 is 0. The van der Waals surface area contributed by atoms with E-state index in [1.165, 1.54) is 0 Å². The van der Waals surface area contributed by atoms with Crippen LogP contribution in [0.2, 0.25) is 0 Å². The summed E-state index contributed by atoms with van der Waals surface area (Å²) in [5, 5.41) is 9.05. The van der Waals surface area contributed by atoms with Gasteiger partial charge < -0.3 is 5.11 Å². The summed E-state index contributed by atoms with van der Waals surface area (Å²) in [6.07, 6.45) is 3.94. The summed E-state index contributed by atoms with van der Waals surface area (Å²) in [6.45, 7) is 6.85. The lowest BCUT2D eigenvalue weighted by atomic mass is 9.70. The van der Waals surface area contributed by atoms with Gasteiger partial charge in [0.25, 0.3) is 0 Å². The summed E-state index contributed by atoms with van der Waals surface area (Å²) in [6, 6.07) is 0. The number of hydrogen-bond donors (Lipinski definition) is 1. The number of aliphatic hydroxyl groups excluding tert-OH is 1. The van der Waals surface area contributed by atoms with Crippen molar-refractivity contribution in [2.75, 3.05) is 6.61 Å². The highest BCUT2D eigenvalue weighted by molar-refractivity contribution is 4.80. The van der Waals surface area contributed by atoms with E-state index >= 15 is 0 Å². The van der Waals surface area contributed by atoms with Crippen LogP contribution in [0.3, 0.4) is 0 Å². The Bertz CT molecular complexity index is 163. The molecule has 1 rings (SSSR count). The van der Waals surface area contributed by atoms with Gasteiger partial charge in [-0.05, 0) is 42.9 Å². The van der Waals surface area contributed by atoms with Gasteiger partial charge in [-0.25, -0.2) is 0 Å². The summed E-state index contributed by atoms with van der Waals surface area (Å²) in [4.78, 5) is 0. The van der Waals surface area contributed by atoms with Gasteiger partial charge in [-0.15, -0.1) is 0 Å². The van der Waals surface area contributed by atoms with Crippen molar-refractivity contribution in [3.63, 3.8) is 0 Å². The first-order chi connectivity index (χ1) is 5.87. The fraction of sp³-hybridized carbons (Fsp3) is 1.00. The molecule has 1 aliphatic carbocycles. The van der Waals surface area contributed by atoms with E-state index in [0.29, 0.717) is 5.41 Å². The molecule has 0 unspecified atom stereocenters. The lowest BCUT2D eigenvalue weighted by Crippen LogP contribution is -2.26. The Kier molecular flexibility index (Phi) is 2.69. The molecular formula is C11H22O. The quantitative estimate of drug-likeness (QED) is 0.643. The molecule has 0 heterocycles. The second-order valence-corrected chi connectivity index (χ2v) is 5.05. The SMILES string of the molecule is [2H]C1(CO)CCC(C(C)(C)C)CC1. The largest absolute Gasteiger partial charge is 0.396 e. The van der Waals surface area contributed by atoms with Gasteiger partial charge in [0, 0.05) is 7.98 Å². The highest BCUT2D eigenvalue weighted by atomic mass is 16.3. The summed E-state index contributed by atoms with van der Waals surface area (Å²) in [5.74, 6) is 0.208. The van der Waals surface area contributed by atoms with Crippen molar-refractivity contribution < 1.29 is 6.48 Å². The number of aliphatic hydroxyl groups is 1. The molecule has 0 aliphatic heterocycles. The maximum absolute atomic E-state index is 9.05. The van der Waals surface area contributed by atoms with Crippen molar-refractivity contribution in [3.05, 3.63) is 0 Å². The highest BCUT2D eigenvalue weighted by Gasteiger charge is 2.29. The molecule has 1 heteroatoms. The molecule has 0 amide bonds. The highest BCUT2D eigenvalue weighted by Crippen LogP contribution is 2.39. The second kappa shape index (κ2) is 3.78. The van der Waals surface area contributed by atoms with E-state index in [9.17, 15) is 0 Å². The van der Waals surface area contributed by atoms with E-state index in [1.54, 1.807) is 0 Å². The van der Waals surface area contributed by atoms with E-state index < -0.39 is 5.89 Å². The van der Waals surface area contributed by atoms with Crippen molar-refractivity contribution in [2.45, 2.75) is 46.5 Å². The van der Waals surface area contributed by atoms with Crippen LogP contribution in [-0.2, 0) is 0 Å². The molecular weight excluding hydrogens is 148 g/mol. The molecule has 0 bridgehead atoms. The second-order valence-electron chi connectivity index (χ2n) is 5.05. The third kappa shape index (κ3) is 2.48. The minimum Gasteiger partial charge on any atom is -0.396 e. The Labute approximate surface area is 77.6 Å². The molecule has 0 aromatic heterocycles. The zero-order valence-electron chi connectivity index (χ0n) is 9.56. The predicted molar refractivity (Wildman–Crippen MR) is 52.0 cm³/mol. The fourth-order valence-electron chi connectivity index (χ4n) is 2.05. The summed E-state index contributed by atoms with van der Waals surface area (Å²) in [7, 11) is 0. The Balaban J connectivity index is 2.48. The molecule has 72 valence electrons. The smallest absolute Gasteiger partial charge is 0.0459 e. The van der Waals surface area contributed by atoms with Crippen LogP contribution < -0.4 is 0 Å². The molecule has 1 N–H and O–H groups in total. The third-order valence-corrected chi connectivity index (χ3v) is 3.14. The summed E-state index contributed by atoms with van der Waals surface area (Å²) < 4.78 is 7.91. The van der Waals surface area contributed by atoms with Gasteiger partial charge in [0.05, 0.1) is 0 Å². The van der Waals surface area contributed by atoms with Gasteiger partial charge in [-0.1, -0.05) is 20.8 Å². The molecule has 1 aliphatic rings. The van der Waals surface area contributed by atoms with Gasteiger partial charge in [-0.2, -0.15) is 0 Å². The minimum atomic E-state index is -0.526. The number of hydrogen-bond acceptors (Lipinski definition) is 1. The van der Waals surface area contributed by atoms with E-state index in [4.69, 9.17) is 6.48 Å². The standard InChI is InChI=1S/C11H22O/c1-11(2,3)10-6-4-9(8-12)5-7-10/h9-10,12H,4-8H2,1-3H3/i9D. The maximum Gasteiger partial charge on any atom is 0.0459 e. The van der Waals surface area contributed by atoms with E-state index in [2.05, 4.69) is 20.8 Å². The molecule has 12 heavy (non-hydrogen) atoms. The van der Waals surface area contributed by atoms with Gasteiger partial charge in [0.15, 0.2) is 0 Å². The molecule has 0 aromatic carbocycles. The van der Waals surface area contributed by atoms with Crippen LogP contribution in [0.5, 0.6) is 0 Å². The van der Waals surface area contributed by atoms with E-state index in [1.807, 2.05) is 0 Å². The Hall–Kier alpha value is -0.0400. The molecule has 0 atom stereocenters. The van der Waals surface area contributed by atoms with E-state index in [0.717, 1.165) is 31.6 Å². The van der Waals surface area contributed by atoms with Crippen LogP contribution in [-0.4, -0.2) is 11.7 Å². The Morgan fingerprint density at radius 1 is 1.25 bits per heavy atom. The third-order valence-electron chi connectivity index (χ3n) is 3.14. The molecule has 1 saturated carbocycles. The predicted octanol–water partition coefficient (Wildman–Crippen LogP) is 2.83. The first-order valence-electron chi connectivity index (χ1n) is 5.48. The summed E-state index contributed by atoms with van der Waals surface area (Å²) in [5.41, 5.74) is 0.372. The minimum absolute atomic E-state index is 0.0316. The van der Waals surface area contributed by atoms with Crippen LogP contribution >= 0.6 is 0 Å². The zero-order valence-corrected chi connectivity index (χ0v) is 8.56. The van der Waals surface area contributed by atoms with Crippen LogP contribution in [0.1, 0.15) is 47.8 Å². The average Bonchev–Trinajstić information content (AvgIpc) is 2.04. The van der Waals surface area contributed by atoms with Crippen molar-refractivity contribution in [1.82, 2.24) is 0 Å². The van der Waals surface area contributed by atoms with Crippen LogP contribution in [0.25, 0.3) is 0 Å². The molecule has 0 spiro atoms. The van der Waals surface area contributed by atoms with Crippen molar-refractivity contribution >= 4 is 0 Å². The van der Waals surface area contributed by atoms with Gasteiger partial charge >= 0.3 is 0 Å². The lowest BCUT2D eigenvalue weighted by Gasteiger charge is -2.36. The Morgan fingerprint density at radius 3 is 2.08 bits per heavy atom. The van der Waals surface area contributed by atoms with Gasteiger partial charge in [0.2, 0.25) is 0 Å². The first kappa shape index (κ1) is 8.55. The van der Waals surface area contributed by atoms with Crippen molar-refractivity contribution in [1.29, 1.82) is 0 Å². The lowest BCUT2D eigenvalue weighted by molar-refractivity contribution is 0.114. The van der Waals surface area contributed by atoms with Crippen molar-refractivity contribution in [3.8, 4) is 0 Å². The fourth-order valence-corrected chi connectivity index (χ4v) is 2.05. The van der Waals surface area contributed by atoms with Gasteiger partial charge in [0.1, 0.15) is 0 Å². The van der Waals surface area contributed by atoms with Crippen molar-refractivity contribution in [2.24, 2.45) is 17.2 Å². The molecule has 0 aromatic rings. The van der Waals surface area contributed by atoms with Crippen LogP contribution in [0, 0.1) is 17.2 Å². The van der Waals surface area contributed by atoms with Crippen LogP contribution in [0.15, 0.2) is 0 Å². The molecule has 1 fully saturated rings. The average molecular weight is 171 g/mol. The van der Waals surface area contributed by atoms with E-state index in [-0.39, 0.29) is 6.61 Å². The van der Waals surface area contributed by atoms with Crippen LogP contribution in [0.4, 0.5) is 0 Å². The normalized spacial score (nSPS) is 39.3. The molecule has 1 nitrogen and oxygen atoms in total.